The Kier molecular flexibility index (Phi) is 3.88. The van der Waals surface area contributed by atoms with E-state index in [0.29, 0.717) is 17.0 Å². The molecule has 0 spiro atoms. The first kappa shape index (κ1) is 14.2. The third kappa shape index (κ3) is 3.23. The molecular weight excluding hydrogens is 267 g/mol. The Hall–Kier alpha value is -2.17. The molecule has 20 heavy (non-hydrogen) atoms. The number of alkyl halides is 3. The van der Waals surface area contributed by atoms with E-state index in [0.717, 1.165) is 17.7 Å². The van der Waals surface area contributed by atoms with E-state index in [2.05, 4.69) is 0 Å². The van der Waals surface area contributed by atoms with Gasteiger partial charge < -0.3 is 10.5 Å². The van der Waals surface area contributed by atoms with Gasteiger partial charge in [-0.05, 0) is 36.8 Å². The Bertz CT molecular complexity index is 608. The van der Waals surface area contributed by atoms with Gasteiger partial charge >= 0.3 is 6.18 Å². The van der Waals surface area contributed by atoms with Gasteiger partial charge in [-0.25, -0.2) is 0 Å². The lowest BCUT2D eigenvalue weighted by Gasteiger charge is -2.12. The van der Waals surface area contributed by atoms with Crippen molar-refractivity contribution in [3.05, 3.63) is 59.2 Å². The summed E-state index contributed by atoms with van der Waals surface area (Å²) in [5.41, 5.74) is 6.89. The molecule has 0 aliphatic heterocycles. The van der Waals surface area contributed by atoms with Crippen LogP contribution in [0.2, 0.25) is 0 Å². The molecule has 0 unspecified atom stereocenters. The van der Waals surface area contributed by atoms with Gasteiger partial charge in [-0.2, -0.15) is 13.2 Å². The van der Waals surface area contributed by atoms with Gasteiger partial charge in [0.15, 0.2) is 0 Å². The van der Waals surface area contributed by atoms with Gasteiger partial charge in [-0.15, -0.1) is 0 Å². The van der Waals surface area contributed by atoms with Crippen LogP contribution in [-0.4, -0.2) is 0 Å². The first-order chi connectivity index (χ1) is 9.38. The molecule has 106 valence electrons. The van der Waals surface area contributed by atoms with E-state index in [1.54, 1.807) is 31.2 Å². The molecule has 0 radical (unpaired) electrons. The summed E-state index contributed by atoms with van der Waals surface area (Å²) in [7, 11) is 0. The number of anilines is 1. The Morgan fingerprint density at radius 3 is 2.50 bits per heavy atom. The number of hydrogen-bond acceptors (Lipinski definition) is 2. The minimum Gasteiger partial charge on any atom is -0.489 e. The zero-order valence-electron chi connectivity index (χ0n) is 10.9. The van der Waals surface area contributed by atoms with Crippen molar-refractivity contribution in [1.82, 2.24) is 0 Å². The normalized spacial score (nSPS) is 11.4. The molecule has 0 heterocycles. The van der Waals surface area contributed by atoms with Crippen LogP contribution in [-0.2, 0) is 12.8 Å². The number of benzene rings is 2. The number of ether oxygens (including phenoxy) is 1. The van der Waals surface area contributed by atoms with Crippen LogP contribution in [0.3, 0.4) is 0 Å². The maximum Gasteiger partial charge on any atom is 0.416 e. The van der Waals surface area contributed by atoms with E-state index < -0.39 is 11.7 Å². The van der Waals surface area contributed by atoms with Crippen molar-refractivity contribution in [2.24, 2.45) is 0 Å². The van der Waals surface area contributed by atoms with Gasteiger partial charge in [0, 0.05) is 11.3 Å². The van der Waals surface area contributed by atoms with Crippen molar-refractivity contribution < 1.29 is 17.9 Å². The minimum atomic E-state index is -4.34. The standard InChI is InChI=1S/C15H14F3NO/c1-10-13(19)6-3-7-14(10)20-9-11-4-2-5-12(8-11)15(16,17)18/h2-8H,9,19H2,1H3. The molecule has 2 aromatic rings. The topological polar surface area (TPSA) is 35.2 Å². The maximum absolute atomic E-state index is 12.6. The van der Waals surface area contributed by atoms with Crippen molar-refractivity contribution in [2.45, 2.75) is 19.7 Å². The third-order valence-corrected chi connectivity index (χ3v) is 2.97. The zero-order chi connectivity index (χ0) is 14.8. The highest BCUT2D eigenvalue weighted by molar-refractivity contribution is 5.53. The van der Waals surface area contributed by atoms with Gasteiger partial charge in [-0.3, -0.25) is 0 Å². The molecule has 0 aliphatic carbocycles. The summed E-state index contributed by atoms with van der Waals surface area (Å²) in [6.45, 7) is 1.87. The van der Waals surface area contributed by atoms with Gasteiger partial charge in [0.1, 0.15) is 12.4 Å². The highest BCUT2D eigenvalue weighted by Gasteiger charge is 2.30. The molecule has 0 atom stereocenters. The average molecular weight is 281 g/mol. The van der Waals surface area contributed by atoms with Gasteiger partial charge in [0.2, 0.25) is 0 Å². The fraction of sp³-hybridized carbons (Fsp3) is 0.200. The van der Waals surface area contributed by atoms with Crippen molar-refractivity contribution in [1.29, 1.82) is 0 Å². The van der Waals surface area contributed by atoms with E-state index in [1.165, 1.54) is 6.07 Å². The second-order valence-corrected chi connectivity index (χ2v) is 4.46. The molecule has 2 nitrogen and oxygen atoms in total. The largest absolute Gasteiger partial charge is 0.489 e. The monoisotopic (exact) mass is 281 g/mol. The predicted molar refractivity (Wildman–Crippen MR) is 71.4 cm³/mol. The quantitative estimate of drug-likeness (QED) is 0.857. The van der Waals surface area contributed by atoms with Crippen LogP contribution in [0.1, 0.15) is 16.7 Å². The molecule has 0 aliphatic rings. The van der Waals surface area contributed by atoms with Gasteiger partial charge in [0.05, 0.1) is 5.56 Å². The smallest absolute Gasteiger partial charge is 0.416 e. The summed E-state index contributed by atoms with van der Waals surface area (Å²) in [4.78, 5) is 0. The second kappa shape index (κ2) is 5.45. The van der Waals surface area contributed by atoms with Gasteiger partial charge in [-0.1, -0.05) is 18.2 Å². The Morgan fingerprint density at radius 1 is 1.10 bits per heavy atom. The van der Waals surface area contributed by atoms with Gasteiger partial charge in [0.25, 0.3) is 0 Å². The molecular formula is C15H14F3NO. The summed E-state index contributed by atoms with van der Waals surface area (Å²) >= 11 is 0. The Balaban J connectivity index is 2.13. The van der Waals surface area contributed by atoms with E-state index in [-0.39, 0.29) is 6.61 Å². The molecule has 0 amide bonds. The third-order valence-electron chi connectivity index (χ3n) is 2.97. The molecule has 5 heteroatoms. The Labute approximate surface area is 115 Å². The number of nitrogen functional groups attached to an aromatic ring is 1. The second-order valence-electron chi connectivity index (χ2n) is 4.46. The highest BCUT2D eigenvalue weighted by atomic mass is 19.4. The van der Waals surface area contributed by atoms with Crippen LogP contribution in [0.5, 0.6) is 5.75 Å². The fourth-order valence-corrected chi connectivity index (χ4v) is 1.79. The minimum absolute atomic E-state index is 0.0637. The molecule has 2 rings (SSSR count). The Morgan fingerprint density at radius 2 is 1.80 bits per heavy atom. The highest BCUT2D eigenvalue weighted by Crippen LogP contribution is 2.30. The molecule has 0 bridgehead atoms. The van der Waals surface area contributed by atoms with Crippen molar-refractivity contribution in [2.75, 3.05) is 5.73 Å². The van der Waals surface area contributed by atoms with Crippen LogP contribution in [0, 0.1) is 6.92 Å². The summed E-state index contributed by atoms with van der Waals surface area (Å²) in [5.74, 6) is 0.572. The van der Waals surface area contributed by atoms with Crippen molar-refractivity contribution in [3.63, 3.8) is 0 Å². The number of rotatable bonds is 3. The lowest BCUT2D eigenvalue weighted by molar-refractivity contribution is -0.137. The first-order valence-electron chi connectivity index (χ1n) is 6.02. The molecule has 0 fully saturated rings. The molecule has 2 N–H and O–H groups in total. The summed E-state index contributed by atoms with van der Waals surface area (Å²) in [5, 5.41) is 0. The predicted octanol–water partition coefficient (Wildman–Crippen LogP) is 4.18. The van der Waals surface area contributed by atoms with E-state index in [1.807, 2.05) is 0 Å². The summed E-state index contributed by atoms with van der Waals surface area (Å²) < 4.78 is 43.3. The fourth-order valence-electron chi connectivity index (χ4n) is 1.79. The lowest BCUT2D eigenvalue weighted by Crippen LogP contribution is -2.06. The van der Waals surface area contributed by atoms with Crippen LogP contribution in [0.15, 0.2) is 42.5 Å². The summed E-state index contributed by atoms with van der Waals surface area (Å²) in [6.07, 6.45) is -4.34. The zero-order valence-corrected chi connectivity index (χ0v) is 10.9. The van der Waals surface area contributed by atoms with Crippen LogP contribution in [0.4, 0.5) is 18.9 Å². The molecule has 0 aromatic heterocycles. The van der Waals surface area contributed by atoms with Crippen LogP contribution < -0.4 is 10.5 Å². The number of nitrogens with two attached hydrogens (primary N) is 1. The SMILES string of the molecule is Cc1c(N)cccc1OCc1cccc(C(F)(F)F)c1. The van der Waals surface area contributed by atoms with E-state index in [9.17, 15) is 13.2 Å². The molecule has 0 saturated carbocycles. The molecule has 0 saturated heterocycles. The number of halogens is 3. The van der Waals surface area contributed by atoms with Crippen LogP contribution >= 0.6 is 0 Å². The van der Waals surface area contributed by atoms with E-state index >= 15 is 0 Å². The maximum atomic E-state index is 12.6. The van der Waals surface area contributed by atoms with Crippen molar-refractivity contribution in [3.8, 4) is 5.75 Å². The van der Waals surface area contributed by atoms with Crippen LogP contribution in [0.25, 0.3) is 0 Å². The van der Waals surface area contributed by atoms with Crippen molar-refractivity contribution >= 4 is 5.69 Å². The average Bonchev–Trinajstić information content (AvgIpc) is 2.40. The van der Waals surface area contributed by atoms with E-state index in [4.69, 9.17) is 10.5 Å². The number of hydrogen-bond donors (Lipinski definition) is 1. The summed E-state index contributed by atoms with van der Waals surface area (Å²) in [6, 6.07) is 10.3. The lowest BCUT2D eigenvalue weighted by atomic mass is 10.1. The molecule has 2 aromatic carbocycles. The first-order valence-corrected chi connectivity index (χ1v) is 6.02.